The summed E-state index contributed by atoms with van der Waals surface area (Å²) in [6.07, 6.45) is 4.26. The van der Waals surface area contributed by atoms with E-state index in [2.05, 4.69) is 45.9 Å². The Labute approximate surface area is 152 Å². The molecule has 1 aromatic rings. The van der Waals surface area contributed by atoms with Crippen LogP contribution in [0.4, 0.5) is 0 Å². The smallest absolute Gasteiger partial charge is 0.221 e. The molecule has 0 radical (unpaired) electrons. The number of hydrogen-bond donors (Lipinski definition) is 2. The molecule has 132 valence electrons. The fourth-order valence-electron chi connectivity index (χ4n) is 2.88. The van der Waals surface area contributed by atoms with Gasteiger partial charge in [0.15, 0.2) is 0 Å². The number of amides is 1. The standard InChI is InChI=1S/C17H27N3O.2ClH/c1-18-11-10-17(21)19-13-16-9-5-6-12-20(16)14-15-7-3-2-4-8-15;;/h2-4,7-8,16,18H,5-6,9-14H2,1H3,(H,19,21);2*1H. The minimum Gasteiger partial charge on any atom is -0.354 e. The van der Waals surface area contributed by atoms with E-state index in [0.717, 1.165) is 26.2 Å². The molecule has 0 aromatic heterocycles. The molecule has 0 aliphatic carbocycles. The van der Waals surface area contributed by atoms with Gasteiger partial charge in [-0.25, -0.2) is 0 Å². The normalized spacial score (nSPS) is 17.7. The van der Waals surface area contributed by atoms with Gasteiger partial charge < -0.3 is 10.6 Å². The number of carbonyl (C=O) groups is 1. The molecule has 4 nitrogen and oxygen atoms in total. The van der Waals surface area contributed by atoms with Crippen molar-refractivity contribution in [1.82, 2.24) is 15.5 Å². The second-order valence-corrected chi connectivity index (χ2v) is 5.76. The van der Waals surface area contributed by atoms with Gasteiger partial charge in [0.1, 0.15) is 0 Å². The minimum absolute atomic E-state index is 0. The fraction of sp³-hybridized carbons (Fsp3) is 0.588. The Bertz CT molecular complexity index is 431. The van der Waals surface area contributed by atoms with Crippen LogP contribution in [-0.2, 0) is 11.3 Å². The first-order valence-electron chi connectivity index (χ1n) is 7.99. The quantitative estimate of drug-likeness (QED) is 0.784. The van der Waals surface area contributed by atoms with Crippen molar-refractivity contribution in [1.29, 1.82) is 0 Å². The van der Waals surface area contributed by atoms with Crippen molar-refractivity contribution in [3.05, 3.63) is 35.9 Å². The maximum absolute atomic E-state index is 11.7. The summed E-state index contributed by atoms with van der Waals surface area (Å²) in [4.78, 5) is 14.3. The molecule has 1 amide bonds. The lowest BCUT2D eigenvalue weighted by Gasteiger charge is -2.36. The van der Waals surface area contributed by atoms with Crippen LogP contribution in [0.1, 0.15) is 31.2 Å². The summed E-state index contributed by atoms with van der Waals surface area (Å²) in [5.74, 6) is 0.148. The van der Waals surface area contributed by atoms with E-state index in [1.54, 1.807) is 0 Å². The van der Waals surface area contributed by atoms with Gasteiger partial charge in [-0.05, 0) is 32.0 Å². The van der Waals surface area contributed by atoms with E-state index < -0.39 is 0 Å². The Morgan fingerprint density at radius 2 is 1.96 bits per heavy atom. The predicted molar refractivity (Wildman–Crippen MR) is 101 cm³/mol. The Morgan fingerprint density at radius 1 is 1.22 bits per heavy atom. The first kappa shape index (κ1) is 22.2. The topological polar surface area (TPSA) is 44.4 Å². The lowest BCUT2D eigenvalue weighted by atomic mass is 10.0. The van der Waals surface area contributed by atoms with E-state index in [0.29, 0.717) is 12.5 Å². The first-order valence-corrected chi connectivity index (χ1v) is 7.99. The van der Waals surface area contributed by atoms with Gasteiger partial charge >= 0.3 is 0 Å². The third kappa shape index (κ3) is 8.02. The number of halogens is 2. The molecule has 1 atom stereocenters. The molecule has 0 spiro atoms. The van der Waals surface area contributed by atoms with Gasteiger partial charge in [-0.3, -0.25) is 9.69 Å². The molecular weight excluding hydrogens is 333 g/mol. The van der Waals surface area contributed by atoms with Crippen LogP contribution < -0.4 is 10.6 Å². The van der Waals surface area contributed by atoms with E-state index in [1.807, 2.05) is 7.05 Å². The molecule has 1 heterocycles. The van der Waals surface area contributed by atoms with Gasteiger partial charge in [0, 0.05) is 32.1 Å². The van der Waals surface area contributed by atoms with E-state index in [4.69, 9.17) is 0 Å². The van der Waals surface area contributed by atoms with Crippen LogP contribution >= 0.6 is 24.8 Å². The number of hydrogen-bond acceptors (Lipinski definition) is 3. The molecule has 1 aromatic carbocycles. The summed E-state index contributed by atoms with van der Waals surface area (Å²) in [6.45, 7) is 3.63. The third-order valence-electron chi connectivity index (χ3n) is 4.11. The predicted octanol–water partition coefficient (Wildman–Crippen LogP) is 2.61. The van der Waals surface area contributed by atoms with Gasteiger partial charge in [-0.15, -0.1) is 24.8 Å². The van der Waals surface area contributed by atoms with Gasteiger partial charge in [0.2, 0.25) is 5.91 Å². The average Bonchev–Trinajstić information content (AvgIpc) is 2.53. The number of carbonyl (C=O) groups excluding carboxylic acids is 1. The lowest BCUT2D eigenvalue weighted by molar-refractivity contribution is -0.121. The molecule has 1 aliphatic heterocycles. The van der Waals surface area contributed by atoms with Gasteiger partial charge in [0.05, 0.1) is 0 Å². The third-order valence-corrected chi connectivity index (χ3v) is 4.11. The minimum atomic E-state index is 0. The molecule has 0 saturated carbocycles. The van der Waals surface area contributed by atoms with Crippen LogP contribution in [0, 0.1) is 0 Å². The van der Waals surface area contributed by atoms with Crippen LogP contribution in [-0.4, -0.2) is 43.5 Å². The van der Waals surface area contributed by atoms with Gasteiger partial charge in [-0.1, -0.05) is 36.8 Å². The molecule has 1 aliphatic rings. The van der Waals surface area contributed by atoms with Crippen molar-refractivity contribution in [2.75, 3.05) is 26.7 Å². The Morgan fingerprint density at radius 3 is 2.65 bits per heavy atom. The highest BCUT2D eigenvalue weighted by Crippen LogP contribution is 2.19. The molecule has 1 fully saturated rings. The van der Waals surface area contributed by atoms with Crippen LogP contribution in [0.3, 0.4) is 0 Å². The van der Waals surface area contributed by atoms with E-state index in [9.17, 15) is 4.79 Å². The summed E-state index contributed by atoms with van der Waals surface area (Å²) in [5, 5.41) is 6.09. The highest BCUT2D eigenvalue weighted by molar-refractivity contribution is 5.85. The highest BCUT2D eigenvalue weighted by Gasteiger charge is 2.22. The number of benzene rings is 1. The summed E-state index contributed by atoms with van der Waals surface area (Å²) in [5.41, 5.74) is 1.35. The lowest BCUT2D eigenvalue weighted by Crippen LogP contribution is -2.46. The van der Waals surface area contributed by atoms with Crippen LogP contribution in [0.15, 0.2) is 30.3 Å². The fourth-order valence-corrected chi connectivity index (χ4v) is 2.88. The highest BCUT2D eigenvalue weighted by atomic mass is 35.5. The molecule has 23 heavy (non-hydrogen) atoms. The van der Waals surface area contributed by atoms with Crippen LogP contribution in [0.5, 0.6) is 0 Å². The number of nitrogens with one attached hydrogen (secondary N) is 2. The summed E-state index contributed by atoms with van der Waals surface area (Å²) >= 11 is 0. The Balaban J connectivity index is 0.00000242. The number of piperidine rings is 1. The maximum atomic E-state index is 11.7. The molecule has 2 rings (SSSR count). The molecule has 2 N–H and O–H groups in total. The molecular formula is C17H29Cl2N3O. The van der Waals surface area contributed by atoms with Crippen LogP contribution in [0.2, 0.25) is 0 Å². The monoisotopic (exact) mass is 361 g/mol. The van der Waals surface area contributed by atoms with E-state index in [1.165, 1.54) is 24.8 Å². The van der Waals surface area contributed by atoms with Gasteiger partial charge in [0.25, 0.3) is 0 Å². The number of rotatable bonds is 7. The molecule has 6 heteroatoms. The van der Waals surface area contributed by atoms with Crippen molar-refractivity contribution in [3.8, 4) is 0 Å². The van der Waals surface area contributed by atoms with Crippen molar-refractivity contribution in [2.45, 2.75) is 38.3 Å². The number of nitrogens with zero attached hydrogens (tertiary/aromatic N) is 1. The zero-order valence-corrected chi connectivity index (χ0v) is 15.4. The zero-order valence-electron chi connectivity index (χ0n) is 13.8. The number of likely N-dealkylation sites (tertiary alicyclic amines) is 1. The van der Waals surface area contributed by atoms with Crippen molar-refractivity contribution in [3.63, 3.8) is 0 Å². The van der Waals surface area contributed by atoms with Crippen molar-refractivity contribution >= 4 is 30.7 Å². The largest absolute Gasteiger partial charge is 0.354 e. The second kappa shape index (κ2) is 12.6. The second-order valence-electron chi connectivity index (χ2n) is 5.76. The maximum Gasteiger partial charge on any atom is 0.221 e. The Hall–Kier alpha value is -0.810. The summed E-state index contributed by atoms with van der Waals surface area (Å²) < 4.78 is 0. The average molecular weight is 362 g/mol. The molecule has 0 bridgehead atoms. The van der Waals surface area contributed by atoms with E-state index >= 15 is 0 Å². The van der Waals surface area contributed by atoms with Gasteiger partial charge in [-0.2, -0.15) is 0 Å². The van der Waals surface area contributed by atoms with E-state index in [-0.39, 0.29) is 30.7 Å². The molecule has 1 unspecified atom stereocenters. The zero-order chi connectivity index (χ0) is 14.9. The Kier molecular flexibility index (Phi) is 12.1. The molecule has 1 saturated heterocycles. The summed E-state index contributed by atoms with van der Waals surface area (Å²) in [6, 6.07) is 11.1. The van der Waals surface area contributed by atoms with Crippen molar-refractivity contribution in [2.24, 2.45) is 0 Å². The SMILES string of the molecule is CNCCC(=O)NCC1CCCCN1Cc1ccccc1.Cl.Cl. The van der Waals surface area contributed by atoms with Crippen molar-refractivity contribution < 1.29 is 4.79 Å². The first-order chi connectivity index (χ1) is 10.3. The summed E-state index contributed by atoms with van der Waals surface area (Å²) in [7, 11) is 1.87. The van der Waals surface area contributed by atoms with Crippen LogP contribution in [0.25, 0.3) is 0 Å².